The van der Waals surface area contributed by atoms with Crippen LogP contribution in [0.5, 0.6) is 0 Å². The first kappa shape index (κ1) is 39.6. The molecule has 1 saturated heterocycles. The number of benzene rings is 6. The van der Waals surface area contributed by atoms with E-state index in [0.29, 0.717) is 44.6 Å². The standard InChI is InChI=1S/C52H43BF6O2/c1-8-50(9-2)42-22-16-30(32-14-19-36-35-12-10-11-13-41(35)48(6,44(36)26-32)51(54,55)56)24-39(42)40-25-31(17-23-43(40)50)33-15-20-37-38-21-18-34(53-60-29(3)47(4,5)61-53)28-46(38)49(7,45(37)27-33)52(57,58)59/h10-28H,3,8-9H2,1-2,4-7H3. The average molecular weight is 825 g/mol. The Morgan fingerprint density at radius 1 is 0.492 bits per heavy atom. The van der Waals surface area contributed by atoms with Crippen LogP contribution in [0.15, 0.2) is 128 Å². The zero-order valence-corrected chi connectivity index (χ0v) is 34.8. The Morgan fingerprint density at radius 3 is 1.39 bits per heavy atom. The van der Waals surface area contributed by atoms with Gasteiger partial charge < -0.3 is 9.31 Å². The summed E-state index contributed by atoms with van der Waals surface area (Å²) in [6.45, 7) is 14.4. The van der Waals surface area contributed by atoms with Gasteiger partial charge in [-0.05, 0) is 159 Å². The van der Waals surface area contributed by atoms with Gasteiger partial charge in [-0.1, -0.05) is 111 Å². The number of rotatable bonds is 5. The number of hydrogen-bond donors (Lipinski definition) is 0. The summed E-state index contributed by atoms with van der Waals surface area (Å²) in [6.07, 6.45) is -7.52. The molecule has 1 aliphatic heterocycles. The van der Waals surface area contributed by atoms with E-state index in [1.54, 1.807) is 66.7 Å². The van der Waals surface area contributed by atoms with E-state index in [1.807, 2.05) is 38.1 Å². The summed E-state index contributed by atoms with van der Waals surface area (Å²) in [7, 11) is -0.877. The van der Waals surface area contributed by atoms with Crippen LogP contribution >= 0.6 is 0 Å². The molecule has 2 atom stereocenters. The van der Waals surface area contributed by atoms with Crippen molar-refractivity contribution in [1.29, 1.82) is 0 Å². The van der Waals surface area contributed by atoms with Crippen molar-refractivity contribution in [3.8, 4) is 55.6 Å². The smallest absolute Gasteiger partial charge is 0.534 e. The summed E-state index contributed by atoms with van der Waals surface area (Å²) in [4.78, 5) is 0. The molecule has 1 heterocycles. The molecule has 6 aromatic carbocycles. The predicted molar refractivity (Wildman–Crippen MR) is 231 cm³/mol. The first-order chi connectivity index (χ1) is 28.8. The molecule has 6 aromatic rings. The van der Waals surface area contributed by atoms with Crippen molar-refractivity contribution in [1.82, 2.24) is 0 Å². The predicted octanol–water partition coefficient (Wildman–Crippen LogP) is 13.8. The molecular weight excluding hydrogens is 781 g/mol. The fourth-order valence-electron chi connectivity index (χ4n) is 10.8. The van der Waals surface area contributed by atoms with Crippen molar-refractivity contribution >= 4 is 12.6 Å². The van der Waals surface area contributed by atoms with E-state index >= 15 is 26.3 Å². The fraction of sp³-hybridized carbons (Fsp3) is 0.269. The van der Waals surface area contributed by atoms with Crippen LogP contribution < -0.4 is 5.46 Å². The Kier molecular flexibility index (Phi) is 8.28. The third-order valence-corrected chi connectivity index (χ3v) is 14.7. The highest BCUT2D eigenvalue weighted by atomic mass is 19.4. The zero-order chi connectivity index (χ0) is 43.2. The Morgan fingerprint density at radius 2 is 0.918 bits per heavy atom. The van der Waals surface area contributed by atoms with Gasteiger partial charge in [-0.3, -0.25) is 0 Å². The summed E-state index contributed by atoms with van der Waals surface area (Å²) in [5.41, 5.74) is 5.02. The van der Waals surface area contributed by atoms with Gasteiger partial charge in [0, 0.05) is 5.41 Å². The molecular formula is C52H43BF6O2. The number of alkyl halides is 6. The van der Waals surface area contributed by atoms with Crippen molar-refractivity contribution < 1.29 is 35.7 Å². The monoisotopic (exact) mass is 824 g/mol. The van der Waals surface area contributed by atoms with Crippen LogP contribution in [0.25, 0.3) is 55.6 Å². The second kappa shape index (κ2) is 12.8. The van der Waals surface area contributed by atoms with Crippen molar-refractivity contribution in [2.75, 3.05) is 0 Å². The highest BCUT2D eigenvalue weighted by molar-refractivity contribution is 6.62. The van der Waals surface area contributed by atoms with Gasteiger partial charge in [-0.15, -0.1) is 0 Å². The third kappa shape index (κ3) is 5.22. The van der Waals surface area contributed by atoms with Gasteiger partial charge in [0.2, 0.25) is 0 Å². The normalized spacial score (nSPS) is 21.4. The van der Waals surface area contributed by atoms with Crippen LogP contribution in [0.4, 0.5) is 26.3 Å². The topological polar surface area (TPSA) is 18.5 Å². The van der Waals surface area contributed by atoms with E-state index in [1.165, 1.54) is 13.8 Å². The number of fused-ring (bicyclic) bond motifs is 9. The van der Waals surface area contributed by atoms with Crippen LogP contribution in [-0.4, -0.2) is 25.1 Å². The molecule has 308 valence electrons. The van der Waals surface area contributed by atoms with Crippen molar-refractivity contribution in [2.45, 2.75) is 88.6 Å². The summed E-state index contributed by atoms with van der Waals surface area (Å²) in [6, 6.07) is 34.9. The lowest BCUT2D eigenvalue weighted by Gasteiger charge is -2.31. The van der Waals surface area contributed by atoms with E-state index in [0.717, 1.165) is 46.2 Å². The lowest BCUT2D eigenvalue weighted by Crippen LogP contribution is -2.41. The van der Waals surface area contributed by atoms with Gasteiger partial charge in [0.05, 0.1) is 5.76 Å². The highest BCUT2D eigenvalue weighted by Crippen LogP contribution is 2.60. The molecule has 10 rings (SSSR count). The van der Waals surface area contributed by atoms with Gasteiger partial charge in [0.15, 0.2) is 0 Å². The quantitative estimate of drug-likeness (QED) is 0.127. The Hall–Kier alpha value is -5.54. The molecule has 2 unspecified atom stereocenters. The Bertz CT molecular complexity index is 2870. The second-order valence-corrected chi connectivity index (χ2v) is 17.9. The maximum absolute atomic E-state index is 15.5. The molecule has 0 N–H and O–H groups in total. The number of hydrogen-bond acceptors (Lipinski definition) is 2. The first-order valence-corrected chi connectivity index (χ1v) is 20.8. The maximum atomic E-state index is 15.5. The molecule has 0 bridgehead atoms. The van der Waals surface area contributed by atoms with Gasteiger partial charge in [-0.25, -0.2) is 0 Å². The van der Waals surface area contributed by atoms with Gasteiger partial charge in [0.1, 0.15) is 16.4 Å². The molecule has 3 aliphatic carbocycles. The molecule has 0 saturated carbocycles. The van der Waals surface area contributed by atoms with E-state index < -0.39 is 35.9 Å². The molecule has 1 fully saturated rings. The summed E-state index contributed by atoms with van der Waals surface area (Å²) >= 11 is 0. The summed E-state index contributed by atoms with van der Waals surface area (Å²) in [5, 5.41) is 0. The van der Waals surface area contributed by atoms with Gasteiger partial charge in [-0.2, -0.15) is 26.3 Å². The minimum absolute atomic E-state index is 0.143. The van der Waals surface area contributed by atoms with Crippen LogP contribution in [-0.2, 0) is 25.6 Å². The lowest BCUT2D eigenvalue weighted by atomic mass is 9.73. The van der Waals surface area contributed by atoms with E-state index in [2.05, 4.69) is 44.7 Å². The molecule has 0 aromatic heterocycles. The minimum atomic E-state index is -4.63. The molecule has 0 radical (unpaired) electrons. The maximum Gasteiger partial charge on any atom is 0.563 e. The van der Waals surface area contributed by atoms with Crippen LogP contribution in [0.1, 0.15) is 87.8 Å². The summed E-state index contributed by atoms with van der Waals surface area (Å²) < 4.78 is 104. The van der Waals surface area contributed by atoms with Crippen molar-refractivity contribution in [2.24, 2.45) is 0 Å². The first-order valence-electron chi connectivity index (χ1n) is 20.8. The molecule has 0 amide bonds. The SMILES string of the molecule is C=C1OB(c2ccc3c(c2)C(C)(C(F)(F)F)c2cc(-c4ccc5c(c4)-c4cc(-c6ccc7c(c6)C(C)(C(F)(F)F)c6ccccc6-7)ccc4C5(CC)CC)ccc2-3)OC1(C)C. The second-order valence-electron chi connectivity index (χ2n) is 17.9. The van der Waals surface area contributed by atoms with Crippen molar-refractivity contribution in [3.63, 3.8) is 0 Å². The van der Waals surface area contributed by atoms with Crippen LogP contribution in [0.2, 0.25) is 0 Å². The molecule has 2 nitrogen and oxygen atoms in total. The van der Waals surface area contributed by atoms with Crippen LogP contribution in [0.3, 0.4) is 0 Å². The molecule has 61 heavy (non-hydrogen) atoms. The minimum Gasteiger partial charge on any atom is -0.534 e. The molecule has 0 spiro atoms. The number of halogens is 6. The van der Waals surface area contributed by atoms with Crippen molar-refractivity contribution in [3.05, 3.63) is 161 Å². The lowest BCUT2D eigenvalue weighted by molar-refractivity contribution is -0.172. The largest absolute Gasteiger partial charge is 0.563 e. The van der Waals surface area contributed by atoms with E-state index in [4.69, 9.17) is 9.31 Å². The highest BCUT2D eigenvalue weighted by Gasteiger charge is 2.60. The van der Waals surface area contributed by atoms with Gasteiger partial charge in [0.25, 0.3) is 0 Å². The third-order valence-electron chi connectivity index (χ3n) is 14.7. The zero-order valence-electron chi connectivity index (χ0n) is 34.8. The average Bonchev–Trinajstić information content (AvgIpc) is 3.88. The van der Waals surface area contributed by atoms with E-state index in [-0.39, 0.29) is 27.7 Å². The Balaban J connectivity index is 1.07. The van der Waals surface area contributed by atoms with Crippen LogP contribution in [0, 0.1) is 0 Å². The van der Waals surface area contributed by atoms with E-state index in [9.17, 15) is 0 Å². The summed E-state index contributed by atoms with van der Waals surface area (Å²) in [5.74, 6) is 0.413. The fourth-order valence-corrected chi connectivity index (χ4v) is 10.8. The van der Waals surface area contributed by atoms with Gasteiger partial charge >= 0.3 is 19.5 Å². The molecule has 9 heteroatoms. The molecule has 4 aliphatic rings. The Labute approximate surface area is 352 Å².